The number of benzene rings is 10. The van der Waals surface area contributed by atoms with E-state index in [4.69, 9.17) is 19.4 Å². The second-order valence-corrected chi connectivity index (χ2v) is 18.6. The van der Waals surface area contributed by atoms with Gasteiger partial charge in [-0.15, -0.1) is 0 Å². The van der Waals surface area contributed by atoms with Crippen molar-refractivity contribution in [2.75, 3.05) is 0 Å². The Morgan fingerprint density at radius 2 is 0.857 bits per heavy atom. The van der Waals surface area contributed by atoms with Gasteiger partial charge in [0.25, 0.3) is 0 Å². The Hall–Kier alpha value is -9.39. The molecule has 4 aromatic heterocycles. The smallest absolute Gasteiger partial charge is 0.240 e. The van der Waals surface area contributed by atoms with E-state index in [-0.39, 0.29) is 0 Å². The van der Waals surface area contributed by atoms with Gasteiger partial charge in [0.05, 0.1) is 27.5 Å². The average Bonchev–Trinajstić information content (AvgIpc) is 4.22. The molecule has 0 saturated carbocycles. The molecule has 2 aliphatic rings. The monoisotopic (exact) mass is 891 g/mol. The van der Waals surface area contributed by atoms with Crippen molar-refractivity contribution in [3.8, 4) is 56.7 Å². The zero-order chi connectivity index (χ0) is 45.7. The predicted octanol–water partition coefficient (Wildman–Crippen LogP) is 15.6. The number of hydrogen-bond donors (Lipinski definition) is 0. The molecule has 6 heteroatoms. The van der Waals surface area contributed by atoms with Gasteiger partial charge in [-0.1, -0.05) is 182 Å². The van der Waals surface area contributed by atoms with Gasteiger partial charge < -0.3 is 4.42 Å². The maximum atomic E-state index is 6.70. The van der Waals surface area contributed by atoms with Crippen LogP contribution in [0.1, 0.15) is 22.3 Å². The number of aromatic nitrogens is 5. The van der Waals surface area contributed by atoms with Crippen molar-refractivity contribution >= 4 is 65.6 Å². The number of nitrogens with zero attached hydrogens (tertiary/aromatic N) is 5. The molecule has 10 aromatic carbocycles. The normalized spacial score (nSPS) is 13.3. The Kier molecular flexibility index (Phi) is 7.45. The predicted molar refractivity (Wildman–Crippen MR) is 283 cm³/mol. The van der Waals surface area contributed by atoms with E-state index < -0.39 is 5.41 Å². The molecular formula is C64H37N5O. The molecule has 0 fully saturated rings. The van der Waals surface area contributed by atoms with Crippen LogP contribution < -0.4 is 0 Å². The van der Waals surface area contributed by atoms with Crippen LogP contribution >= 0.6 is 0 Å². The van der Waals surface area contributed by atoms with Crippen LogP contribution in [0.4, 0.5) is 0 Å². The minimum Gasteiger partial charge on any atom is -0.456 e. The van der Waals surface area contributed by atoms with Crippen LogP contribution in [0.3, 0.4) is 0 Å². The first-order valence-electron chi connectivity index (χ1n) is 23.9. The second-order valence-electron chi connectivity index (χ2n) is 18.6. The molecule has 1 spiro atoms. The lowest BCUT2D eigenvalue weighted by Crippen LogP contribution is -2.26. The summed E-state index contributed by atoms with van der Waals surface area (Å²) in [5.41, 5.74) is 18.5. The Bertz CT molecular complexity index is 4440. The van der Waals surface area contributed by atoms with Crippen molar-refractivity contribution in [1.29, 1.82) is 0 Å². The molecule has 0 bridgehead atoms. The van der Waals surface area contributed by atoms with E-state index in [9.17, 15) is 0 Å². The van der Waals surface area contributed by atoms with Crippen molar-refractivity contribution in [2.24, 2.45) is 0 Å². The largest absolute Gasteiger partial charge is 0.456 e. The SMILES string of the molecule is c1ccc(-c2cccc3oc4cc(-c5nc(-n6c7ccccc7c7ccccc76)nc(-n6c7ccccc7c7c8c(ccc76)-c6ccccc6C86c7ccccc7-c7ccccc76)n5)ccc4c23)cc1. The molecule has 16 rings (SSSR count). The summed E-state index contributed by atoms with van der Waals surface area (Å²) in [6.07, 6.45) is 0. The number of rotatable bonds is 4. The van der Waals surface area contributed by atoms with E-state index in [2.05, 4.69) is 228 Å². The summed E-state index contributed by atoms with van der Waals surface area (Å²) >= 11 is 0. The van der Waals surface area contributed by atoms with E-state index in [1.54, 1.807) is 0 Å². The van der Waals surface area contributed by atoms with Crippen LogP contribution in [0.15, 0.2) is 229 Å². The topological polar surface area (TPSA) is 61.7 Å². The molecule has 70 heavy (non-hydrogen) atoms. The number of hydrogen-bond acceptors (Lipinski definition) is 4. The zero-order valence-electron chi connectivity index (χ0n) is 37.5. The Morgan fingerprint density at radius 3 is 1.51 bits per heavy atom. The molecule has 0 atom stereocenters. The third-order valence-corrected chi connectivity index (χ3v) is 15.2. The van der Waals surface area contributed by atoms with Gasteiger partial charge in [0.1, 0.15) is 11.2 Å². The van der Waals surface area contributed by atoms with Crippen molar-refractivity contribution in [3.63, 3.8) is 0 Å². The lowest BCUT2D eigenvalue weighted by atomic mass is 9.69. The number of para-hydroxylation sites is 3. The molecule has 0 N–H and O–H groups in total. The molecule has 0 unspecified atom stereocenters. The van der Waals surface area contributed by atoms with Crippen LogP contribution in [-0.4, -0.2) is 24.1 Å². The Balaban J connectivity index is 1.00. The molecule has 0 aliphatic heterocycles. The molecule has 6 nitrogen and oxygen atoms in total. The van der Waals surface area contributed by atoms with Gasteiger partial charge in [-0.05, 0) is 98.1 Å². The highest BCUT2D eigenvalue weighted by Gasteiger charge is 2.52. The maximum absolute atomic E-state index is 6.70. The van der Waals surface area contributed by atoms with Gasteiger partial charge in [0, 0.05) is 37.9 Å². The Morgan fingerprint density at radius 1 is 0.329 bits per heavy atom. The van der Waals surface area contributed by atoms with Crippen molar-refractivity contribution in [2.45, 2.75) is 5.41 Å². The summed E-state index contributed by atoms with van der Waals surface area (Å²) in [6.45, 7) is 0. The van der Waals surface area contributed by atoms with E-state index in [1.165, 1.54) is 49.9 Å². The number of fused-ring (bicyclic) bond motifs is 20. The summed E-state index contributed by atoms with van der Waals surface area (Å²) in [5, 5.41) is 6.72. The highest BCUT2D eigenvalue weighted by atomic mass is 16.3. The molecular weight excluding hydrogens is 855 g/mol. The van der Waals surface area contributed by atoms with Crippen LogP contribution in [0.5, 0.6) is 0 Å². The highest BCUT2D eigenvalue weighted by molar-refractivity contribution is 6.17. The quantitative estimate of drug-likeness (QED) is 0.177. The van der Waals surface area contributed by atoms with Crippen LogP contribution in [0, 0.1) is 0 Å². The fourth-order valence-corrected chi connectivity index (χ4v) is 12.5. The summed E-state index contributed by atoms with van der Waals surface area (Å²) in [5.74, 6) is 1.60. The standard InChI is InChI=1S/C64H37N5O/c1-2-17-38(18-3-1)40-25-16-32-56-58(40)48-34-33-39(37-57(48)70-56)61-65-62(68-52-29-13-7-22-44(52)45-23-8-14-30-53(45)68)67-63(66-61)69-54-31-15-9-24-47(54)59-55(69)36-35-46-43-21-6-12-28-51(43)64(60(46)59)49-26-10-4-19-41(49)42-20-5-11-27-50(42)64/h1-37H. The van der Waals surface area contributed by atoms with E-state index in [0.29, 0.717) is 17.7 Å². The highest BCUT2D eigenvalue weighted by Crippen LogP contribution is 2.64. The minimum absolute atomic E-state index is 0.529. The summed E-state index contributed by atoms with van der Waals surface area (Å²) in [6, 6.07) is 80.6. The Labute approximate surface area is 401 Å². The summed E-state index contributed by atoms with van der Waals surface area (Å²) in [7, 11) is 0. The molecule has 0 radical (unpaired) electrons. The summed E-state index contributed by atoms with van der Waals surface area (Å²) in [4.78, 5) is 16.5. The van der Waals surface area contributed by atoms with E-state index in [0.717, 1.165) is 76.9 Å². The van der Waals surface area contributed by atoms with Gasteiger partial charge in [-0.25, -0.2) is 0 Å². The summed E-state index contributed by atoms with van der Waals surface area (Å²) < 4.78 is 11.2. The third-order valence-electron chi connectivity index (χ3n) is 15.2. The molecule has 324 valence electrons. The van der Waals surface area contributed by atoms with Gasteiger partial charge in [-0.3, -0.25) is 9.13 Å². The molecule has 2 aliphatic carbocycles. The van der Waals surface area contributed by atoms with Crippen LogP contribution in [0.25, 0.3) is 122 Å². The lowest BCUT2D eigenvalue weighted by Gasteiger charge is -2.31. The average molecular weight is 892 g/mol. The third kappa shape index (κ3) is 4.83. The second kappa shape index (κ2) is 13.8. The van der Waals surface area contributed by atoms with Crippen LogP contribution in [0.2, 0.25) is 0 Å². The van der Waals surface area contributed by atoms with Crippen molar-refractivity contribution in [1.82, 2.24) is 24.1 Å². The van der Waals surface area contributed by atoms with Crippen molar-refractivity contribution in [3.05, 3.63) is 247 Å². The molecule has 0 saturated heterocycles. The van der Waals surface area contributed by atoms with E-state index >= 15 is 0 Å². The van der Waals surface area contributed by atoms with E-state index in [1.807, 2.05) is 6.07 Å². The number of furan rings is 1. The van der Waals surface area contributed by atoms with Gasteiger partial charge in [0.2, 0.25) is 11.9 Å². The lowest BCUT2D eigenvalue weighted by molar-refractivity contribution is 0.669. The van der Waals surface area contributed by atoms with Gasteiger partial charge in [-0.2, -0.15) is 15.0 Å². The van der Waals surface area contributed by atoms with Gasteiger partial charge >= 0.3 is 0 Å². The van der Waals surface area contributed by atoms with Crippen molar-refractivity contribution < 1.29 is 4.42 Å². The molecule has 4 heterocycles. The van der Waals surface area contributed by atoms with Crippen LogP contribution in [-0.2, 0) is 5.41 Å². The first kappa shape index (κ1) is 37.7. The first-order valence-corrected chi connectivity index (χ1v) is 23.9. The maximum Gasteiger partial charge on any atom is 0.240 e. The van der Waals surface area contributed by atoms with Gasteiger partial charge in [0.15, 0.2) is 5.82 Å². The zero-order valence-corrected chi connectivity index (χ0v) is 37.5. The molecule has 0 amide bonds. The molecule has 14 aromatic rings. The fraction of sp³-hybridized carbons (Fsp3) is 0.0156. The minimum atomic E-state index is -0.547. The fourth-order valence-electron chi connectivity index (χ4n) is 12.5. The first-order chi connectivity index (χ1) is 34.7.